The van der Waals surface area contributed by atoms with Crippen molar-refractivity contribution in [2.45, 2.75) is 86.0 Å². The molecule has 0 aromatic heterocycles. The molecule has 16 heavy (non-hydrogen) atoms. The van der Waals surface area contributed by atoms with E-state index in [0.717, 1.165) is 17.8 Å². The quantitative estimate of drug-likeness (QED) is 0.397. The summed E-state index contributed by atoms with van der Waals surface area (Å²) in [5.74, 6) is 2.81. The van der Waals surface area contributed by atoms with E-state index in [2.05, 4.69) is 34.6 Å². The number of rotatable bonds is 10. The summed E-state index contributed by atoms with van der Waals surface area (Å²) in [6.45, 7) is 11.8. The Morgan fingerprint density at radius 1 is 0.812 bits per heavy atom. The SMILES string of the molecule is CCCCCC(CCC(C)C)CC(C)CC. The first-order valence-corrected chi connectivity index (χ1v) is 7.60. The number of unbranched alkanes of at least 4 members (excludes halogenated alkanes) is 2. The summed E-state index contributed by atoms with van der Waals surface area (Å²) in [6.07, 6.45) is 11.4. The van der Waals surface area contributed by atoms with E-state index in [1.54, 1.807) is 0 Å². The van der Waals surface area contributed by atoms with Gasteiger partial charge in [-0.1, -0.05) is 79.6 Å². The van der Waals surface area contributed by atoms with Crippen molar-refractivity contribution in [1.29, 1.82) is 0 Å². The maximum atomic E-state index is 2.42. The minimum Gasteiger partial charge on any atom is -0.0654 e. The summed E-state index contributed by atoms with van der Waals surface area (Å²) in [5, 5.41) is 0. The van der Waals surface area contributed by atoms with Gasteiger partial charge in [0.1, 0.15) is 0 Å². The van der Waals surface area contributed by atoms with Crippen LogP contribution in [0.5, 0.6) is 0 Å². The Bertz CT molecular complexity index is 137. The van der Waals surface area contributed by atoms with E-state index in [1.165, 1.54) is 51.4 Å². The predicted molar refractivity (Wildman–Crippen MR) is 75.8 cm³/mol. The maximum Gasteiger partial charge on any atom is -0.0412 e. The van der Waals surface area contributed by atoms with Crippen LogP contribution in [-0.4, -0.2) is 0 Å². The standard InChI is InChI=1S/C16H34/c1-6-8-9-10-16(12-11-14(3)4)13-15(5)7-2/h14-16H,6-13H2,1-5H3. The minimum atomic E-state index is 0.880. The topological polar surface area (TPSA) is 0 Å². The van der Waals surface area contributed by atoms with Gasteiger partial charge in [-0.25, -0.2) is 0 Å². The van der Waals surface area contributed by atoms with Crippen molar-refractivity contribution >= 4 is 0 Å². The molecule has 0 aliphatic rings. The van der Waals surface area contributed by atoms with Gasteiger partial charge in [0, 0.05) is 0 Å². The molecular weight excluding hydrogens is 192 g/mol. The molecule has 0 spiro atoms. The maximum absolute atomic E-state index is 2.42. The highest BCUT2D eigenvalue weighted by Crippen LogP contribution is 2.26. The van der Waals surface area contributed by atoms with Crippen molar-refractivity contribution in [3.63, 3.8) is 0 Å². The molecule has 0 amide bonds. The molecule has 0 nitrogen and oxygen atoms in total. The van der Waals surface area contributed by atoms with Gasteiger partial charge >= 0.3 is 0 Å². The zero-order valence-electron chi connectivity index (χ0n) is 12.4. The summed E-state index contributed by atoms with van der Waals surface area (Å²) in [4.78, 5) is 0. The van der Waals surface area contributed by atoms with Crippen molar-refractivity contribution in [3.05, 3.63) is 0 Å². The van der Waals surface area contributed by atoms with Gasteiger partial charge in [-0.2, -0.15) is 0 Å². The average molecular weight is 226 g/mol. The number of hydrogen-bond donors (Lipinski definition) is 0. The molecule has 0 N–H and O–H groups in total. The fourth-order valence-electron chi connectivity index (χ4n) is 2.37. The van der Waals surface area contributed by atoms with Crippen LogP contribution in [-0.2, 0) is 0 Å². The van der Waals surface area contributed by atoms with Crippen molar-refractivity contribution in [2.24, 2.45) is 17.8 Å². The minimum absolute atomic E-state index is 0.880. The van der Waals surface area contributed by atoms with Crippen molar-refractivity contribution in [1.82, 2.24) is 0 Å². The fraction of sp³-hybridized carbons (Fsp3) is 1.00. The van der Waals surface area contributed by atoms with Gasteiger partial charge in [0.25, 0.3) is 0 Å². The largest absolute Gasteiger partial charge is 0.0654 e. The second-order valence-corrected chi connectivity index (χ2v) is 6.08. The molecule has 0 heteroatoms. The molecule has 0 aliphatic heterocycles. The molecule has 98 valence electrons. The summed E-state index contributed by atoms with van der Waals surface area (Å²) < 4.78 is 0. The lowest BCUT2D eigenvalue weighted by molar-refractivity contribution is 0.315. The molecule has 0 aliphatic carbocycles. The molecule has 0 aromatic carbocycles. The van der Waals surface area contributed by atoms with E-state index in [9.17, 15) is 0 Å². The first-order valence-electron chi connectivity index (χ1n) is 7.60. The van der Waals surface area contributed by atoms with Gasteiger partial charge in [-0.05, 0) is 24.2 Å². The number of hydrogen-bond acceptors (Lipinski definition) is 0. The molecule has 2 unspecified atom stereocenters. The third kappa shape index (κ3) is 9.24. The van der Waals surface area contributed by atoms with Gasteiger partial charge in [0.15, 0.2) is 0 Å². The Labute approximate surface area is 104 Å². The van der Waals surface area contributed by atoms with Crippen LogP contribution in [0.25, 0.3) is 0 Å². The Balaban J connectivity index is 3.85. The highest BCUT2D eigenvalue weighted by molar-refractivity contribution is 4.65. The van der Waals surface area contributed by atoms with Crippen molar-refractivity contribution in [2.75, 3.05) is 0 Å². The third-order valence-electron chi connectivity index (χ3n) is 3.80. The molecule has 0 saturated heterocycles. The van der Waals surface area contributed by atoms with Crippen molar-refractivity contribution < 1.29 is 0 Å². The van der Waals surface area contributed by atoms with E-state index in [-0.39, 0.29) is 0 Å². The first kappa shape index (κ1) is 16.0. The predicted octanol–water partition coefficient (Wildman–Crippen LogP) is 6.06. The summed E-state index contributed by atoms with van der Waals surface area (Å²) in [6, 6.07) is 0. The molecule has 0 saturated carbocycles. The summed E-state index contributed by atoms with van der Waals surface area (Å²) in [5.41, 5.74) is 0. The second kappa shape index (κ2) is 10.2. The molecule has 0 rings (SSSR count). The van der Waals surface area contributed by atoms with Gasteiger partial charge in [0.05, 0.1) is 0 Å². The average Bonchev–Trinajstić information content (AvgIpc) is 2.25. The van der Waals surface area contributed by atoms with Crippen LogP contribution in [0.4, 0.5) is 0 Å². The van der Waals surface area contributed by atoms with Crippen LogP contribution in [0.15, 0.2) is 0 Å². The van der Waals surface area contributed by atoms with Gasteiger partial charge in [-0.15, -0.1) is 0 Å². The molecule has 0 radical (unpaired) electrons. The highest BCUT2D eigenvalue weighted by atomic mass is 14.2. The van der Waals surface area contributed by atoms with Gasteiger partial charge in [-0.3, -0.25) is 0 Å². The van der Waals surface area contributed by atoms with Crippen molar-refractivity contribution in [3.8, 4) is 0 Å². The molecule has 0 bridgehead atoms. The summed E-state index contributed by atoms with van der Waals surface area (Å²) in [7, 11) is 0. The molecular formula is C16H34. The first-order chi connectivity index (χ1) is 7.60. The van der Waals surface area contributed by atoms with Gasteiger partial charge in [0.2, 0.25) is 0 Å². The van der Waals surface area contributed by atoms with Crippen LogP contribution in [0, 0.1) is 17.8 Å². The molecule has 0 heterocycles. The van der Waals surface area contributed by atoms with Crippen LogP contribution in [0.1, 0.15) is 86.0 Å². The second-order valence-electron chi connectivity index (χ2n) is 6.08. The lowest BCUT2D eigenvalue weighted by Gasteiger charge is -2.21. The lowest BCUT2D eigenvalue weighted by Crippen LogP contribution is -2.08. The zero-order chi connectivity index (χ0) is 12.4. The van der Waals surface area contributed by atoms with Gasteiger partial charge < -0.3 is 0 Å². The van der Waals surface area contributed by atoms with Crippen LogP contribution in [0.3, 0.4) is 0 Å². The Morgan fingerprint density at radius 3 is 2.00 bits per heavy atom. The smallest absolute Gasteiger partial charge is 0.0412 e. The van der Waals surface area contributed by atoms with Crippen LogP contribution >= 0.6 is 0 Å². The normalized spacial score (nSPS) is 15.4. The summed E-state index contributed by atoms with van der Waals surface area (Å²) >= 11 is 0. The third-order valence-corrected chi connectivity index (χ3v) is 3.80. The lowest BCUT2D eigenvalue weighted by atomic mass is 9.85. The highest BCUT2D eigenvalue weighted by Gasteiger charge is 2.12. The van der Waals surface area contributed by atoms with Crippen LogP contribution in [0.2, 0.25) is 0 Å². The Kier molecular flexibility index (Phi) is 10.2. The fourth-order valence-corrected chi connectivity index (χ4v) is 2.37. The zero-order valence-corrected chi connectivity index (χ0v) is 12.4. The van der Waals surface area contributed by atoms with E-state index in [1.807, 2.05) is 0 Å². The Hall–Kier alpha value is 0. The van der Waals surface area contributed by atoms with Crippen LogP contribution < -0.4 is 0 Å². The van der Waals surface area contributed by atoms with E-state index in [4.69, 9.17) is 0 Å². The van der Waals surface area contributed by atoms with E-state index < -0.39 is 0 Å². The van der Waals surface area contributed by atoms with E-state index >= 15 is 0 Å². The molecule has 0 aromatic rings. The Morgan fingerprint density at radius 2 is 1.50 bits per heavy atom. The molecule has 0 fully saturated rings. The molecule has 2 atom stereocenters. The van der Waals surface area contributed by atoms with E-state index in [0.29, 0.717) is 0 Å². The monoisotopic (exact) mass is 226 g/mol.